The predicted molar refractivity (Wildman–Crippen MR) is 82.2 cm³/mol. The van der Waals surface area contributed by atoms with E-state index in [9.17, 15) is 0 Å². The Balaban J connectivity index is 2.19. The minimum Gasteiger partial charge on any atom is -0.486 e. The first kappa shape index (κ1) is 14.7. The van der Waals surface area contributed by atoms with E-state index in [1.165, 1.54) is 0 Å². The van der Waals surface area contributed by atoms with Crippen LogP contribution >= 0.6 is 50.7 Å². The third-order valence-corrected chi connectivity index (χ3v) is 4.12. The number of hydrogen-bond acceptors (Lipinski definition) is 3. The number of nitrogens with zero attached hydrogens (tertiary/aromatic N) is 1. The van der Waals surface area contributed by atoms with Gasteiger partial charge in [-0.3, -0.25) is 0 Å². The summed E-state index contributed by atoms with van der Waals surface area (Å²) in [6, 6.07) is 6.57. The number of aromatic nitrogens is 1. The zero-order valence-electron chi connectivity index (χ0n) is 9.46. The van der Waals surface area contributed by atoms with Gasteiger partial charge in [0.15, 0.2) is 0 Å². The van der Waals surface area contributed by atoms with Crippen LogP contribution in [0.15, 0.2) is 28.7 Å². The quantitative estimate of drug-likeness (QED) is 0.763. The molecule has 0 fully saturated rings. The SMILES string of the molecule is Nc1ccc(Cl)c(COc2cc(Cl)c(Br)cc2Cl)n1. The number of hydrogen-bond donors (Lipinski definition) is 1. The van der Waals surface area contributed by atoms with Crippen LogP contribution in [0.2, 0.25) is 15.1 Å². The molecule has 2 rings (SSSR count). The third-order valence-electron chi connectivity index (χ3n) is 2.28. The Morgan fingerprint density at radius 3 is 2.58 bits per heavy atom. The Hall–Kier alpha value is -0.680. The van der Waals surface area contributed by atoms with Crippen LogP contribution in [0.25, 0.3) is 0 Å². The number of pyridine rings is 1. The van der Waals surface area contributed by atoms with Crippen molar-refractivity contribution < 1.29 is 4.74 Å². The molecule has 0 saturated carbocycles. The maximum atomic E-state index is 6.05. The van der Waals surface area contributed by atoms with Crippen molar-refractivity contribution in [3.63, 3.8) is 0 Å². The van der Waals surface area contributed by atoms with E-state index in [1.54, 1.807) is 24.3 Å². The average molecular weight is 382 g/mol. The summed E-state index contributed by atoms with van der Waals surface area (Å²) < 4.78 is 6.26. The topological polar surface area (TPSA) is 48.1 Å². The fourth-order valence-electron chi connectivity index (χ4n) is 1.36. The molecular formula is C12H8BrCl3N2O. The summed E-state index contributed by atoms with van der Waals surface area (Å²) in [7, 11) is 0. The normalized spacial score (nSPS) is 10.5. The number of rotatable bonds is 3. The van der Waals surface area contributed by atoms with E-state index in [1.807, 2.05) is 0 Å². The van der Waals surface area contributed by atoms with Crippen molar-refractivity contribution >= 4 is 56.6 Å². The molecule has 0 unspecified atom stereocenters. The Kier molecular flexibility index (Phi) is 4.79. The Labute approximate surface area is 133 Å². The van der Waals surface area contributed by atoms with Crippen molar-refractivity contribution in [1.82, 2.24) is 4.98 Å². The number of benzene rings is 1. The van der Waals surface area contributed by atoms with E-state index in [2.05, 4.69) is 20.9 Å². The number of ether oxygens (including phenoxy) is 1. The number of anilines is 1. The van der Waals surface area contributed by atoms with Gasteiger partial charge in [0.05, 0.1) is 20.8 Å². The predicted octanol–water partition coefficient (Wildman–Crippen LogP) is 4.97. The molecule has 7 heteroatoms. The summed E-state index contributed by atoms with van der Waals surface area (Å²) in [6.07, 6.45) is 0. The highest BCUT2D eigenvalue weighted by Gasteiger charge is 2.09. The molecule has 0 radical (unpaired) electrons. The molecule has 2 N–H and O–H groups in total. The summed E-state index contributed by atoms with van der Waals surface area (Å²) in [4.78, 5) is 4.09. The summed E-state index contributed by atoms with van der Waals surface area (Å²) >= 11 is 21.3. The molecule has 3 nitrogen and oxygen atoms in total. The van der Waals surface area contributed by atoms with Gasteiger partial charge in [-0.2, -0.15) is 0 Å². The zero-order valence-corrected chi connectivity index (χ0v) is 13.3. The van der Waals surface area contributed by atoms with Crippen LogP contribution in [0.4, 0.5) is 5.82 Å². The number of nitrogen functional groups attached to an aromatic ring is 1. The molecule has 0 aliphatic carbocycles. The van der Waals surface area contributed by atoms with Gasteiger partial charge in [0.1, 0.15) is 18.2 Å². The van der Waals surface area contributed by atoms with Crippen LogP contribution < -0.4 is 10.5 Å². The highest BCUT2D eigenvalue weighted by Crippen LogP contribution is 2.34. The molecule has 1 heterocycles. The molecule has 1 aromatic heterocycles. The van der Waals surface area contributed by atoms with Crippen LogP contribution in [0.1, 0.15) is 5.69 Å². The molecule has 0 aliphatic heterocycles. The van der Waals surface area contributed by atoms with Gasteiger partial charge in [-0.05, 0) is 34.1 Å². The molecule has 0 amide bonds. The minimum atomic E-state index is 0.154. The van der Waals surface area contributed by atoms with E-state index in [4.69, 9.17) is 45.3 Å². The van der Waals surface area contributed by atoms with Crippen molar-refractivity contribution in [3.8, 4) is 5.75 Å². The lowest BCUT2D eigenvalue weighted by atomic mass is 10.3. The van der Waals surface area contributed by atoms with Crippen molar-refractivity contribution in [3.05, 3.63) is 49.5 Å². The summed E-state index contributed by atoms with van der Waals surface area (Å²) in [5, 5.41) is 1.43. The molecule has 0 spiro atoms. The second-order valence-electron chi connectivity index (χ2n) is 3.65. The van der Waals surface area contributed by atoms with Gasteiger partial charge in [0.2, 0.25) is 0 Å². The minimum absolute atomic E-state index is 0.154. The van der Waals surface area contributed by atoms with Gasteiger partial charge in [-0.25, -0.2) is 4.98 Å². The lowest BCUT2D eigenvalue weighted by Crippen LogP contribution is -2.02. The molecule has 2 aromatic rings. The van der Waals surface area contributed by atoms with E-state index < -0.39 is 0 Å². The smallest absolute Gasteiger partial charge is 0.140 e. The van der Waals surface area contributed by atoms with Crippen LogP contribution in [0.5, 0.6) is 5.75 Å². The van der Waals surface area contributed by atoms with Crippen LogP contribution in [-0.4, -0.2) is 4.98 Å². The van der Waals surface area contributed by atoms with E-state index in [-0.39, 0.29) is 6.61 Å². The standard InChI is InChI=1S/C12H8BrCl3N2O/c13-6-3-9(16)11(4-8(6)15)19-5-10-7(14)1-2-12(17)18-10/h1-4H,5H2,(H2,17,18). The molecule has 100 valence electrons. The fraction of sp³-hybridized carbons (Fsp3) is 0.0833. The van der Waals surface area contributed by atoms with Crippen LogP contribution in [0, 0.1) is 0 Å². The van der Waals surface area contributed by atoms with Crippen molar-refractivity contribution in [2.24, 2.45) is 0 Å². The molecule has 0 atom stereocenters. The lowest BCUT2D eigenvalue weighted by Gasteiger charge is -2.10. The molecule has 1 aromatic carbocycles. The van der Waals surface area contributed by atoms with Crippen molar-refractivity contribution in [1.29, 1.82) is 0 Å². The molecular weight excluding hydrogens is 374 g/mol. The number of nitrogens with two attached hydrogens (primary N) is 1. The Morgan fingerprint density at radius 1 is 1.11 bits per heavy atom. The Bertz CT molecular complexity index is 622. The van der Waals surface area contributed by atoms with E-state index in [0.717, 1.165) is 0 Å². The number of halogens is 4. The third kappa shape index (κ3) is 3.66. The summed E-state index contributed by atoms with van der Waals surface area (Å²) in [6.45, 7) is 0.154. The van der Waals surface area contributed by atoms with E-state index >= 15 is 0 Å². The molecule has 19 heavy (non-hydrogen) atoms. The molecule has 0 aliphatic rings. The summed E-state index contributed by atoms with van der Waals surface area (Å²) in [5.41, 5.74) is 6.13. The maximum Gasteiger partial charge on any atom is 0.140 e. The van der Waals surface area contributed by atoms with Gasteiger partial charge < -0.3 is 10.5 Å². The summed E-state index contributed by atoms with van der Waals surface area (Å²) in [5.74, 6) is 0.832. The lowest BCUT2D eigenvalue weighted by molar-refractivity contribution is 0.302. The Morgan fingerprint density at radius 2 is 1.84 bits per heavy atom. The van der Waals surface area contributed by atoms with Gasteiger partial charge >= 0.3 is 0 Å². The van der Waals surface area contributed by atoms with Gasteiger partial charge in [-0.1, -0.05) is 34.8 Å². The molecule has 0 bridgehead atoms. The second kappa shape index (κ2) is 6.18. The highest BCUT2D eigenvalue weighted by atomic mass is 79.9. The van der Waals surface area contributed by atoms with Crippen LogP contribution in [-0.2, 0) is 6.61 Å². The monoisotopic (exact) mass is 380 g/mol. The maximum absolute atomic E-state index is 6.05. The van der Waals surface area contributed by atoms with Crippen molar-refractivity contribution in [2.45, 2.75) is 6.61 Å². The first-order valence-corrected chi connectivity index (χ1v) is 7.08. The first-order valence-electron chi connectivity index (χ1n) is 5.15. The van der Waals surface area contributed by atoms with Crippen LogP contribution in [0.3, 0.4) is 0 Å². The van der Waals surface area contributed by atoms with E-state index in [0.29, 0.717) is 36.8 Å². The molecule has 0 saturated heterocycles. The zero-order chi connectivity index (χ0) is 14.0. The fourth-order valence-corrected chi connectivity index (χ4v) is 2.37. The van der Waals surface area contributed by atoms with Crippen molar-refractivity contribution in [2.75, 3.05) is 5.73 Å². The first-order chi connectivity index (χ1) is 8.97. The van der Waals surface area contributed by atoms with Gasteiger partial charge in [0, 0.05) is 10.5 Å². The largest absolute Gasteiger partial charge is 0.486 e. The average Bonchev–Trinajstić information content (AvgIpc) is 2.36. The van der Waals surface area contributed by atoms with Gasteiger partial charge in [0.25, 0.3) is 0 Å². The van der Waals surface area contributed by atoms with Gasteiger partial charge in [-0.15, -0.1) is 0 Å². The second-order valence-corrected chi connectivity index (χ2v) is 5.73. The highest BCUT2D eigenvalue weighted by molar-refractivity contribution is 9.10.